The van der Waals surface area contributed by atoms with Crippen LogP contribution in [0.4, 0.5) is 0 Å². The van der Waals surface area contributed by atoms with Crippen LogP contribution in [0.2, 0.25) is 0 Å². The molecular formula is C10H12N4O. The summed E-state index contributed by atoms with van der Waals surface area (Å²) in [4.78, 5) is 0. The standard InChI is InChI=1S/C10H12N4O/c1-2-4-9(5-3-1)8-15-7-6-10-11-13-14-12-10/h1-5H,6-8H2,(H,11,12,13,14). The minimum absolute atomic E-state index is 0.606. The minimum atomic E-state index is 0.606. The summed E-state index contributed by atoms with van der Waals surface area (Å²) >= 11 is 0. The van der Waals surface area contributed by atoms with Crippen molar-refractivity contribution in [2.45, 2.75) is 13.0 Å². The van der Waals surface area contributed by atoms with Crippen LogP contribution in [0.25, 0.3) is 0 Å². The van der Waals surface area contributed by atoms with Crippen LogP contribution < -0.4 is 0 Å². The van der Waals surface area contributed by atoms with Crippen LogP contribution in [0, 0.1) is 0 Å². The Hall–Kier alpha value is -1.75. The zero-order chi connectivity index (χ0) is 10.3. The fraction of sp³-hybridized carbons (Fsp3) is 0.300. The molecule has 2 aromatic rings. The van der Waals surface area contributed by atoms with E-state index in [1.807, 2.05) is 30.3 Å². The number of H-pyrrole nitrogens is 1. The number of nitrogens with one attached hydrogen (secondary N) is 1. The largest absolute Gasteiger partial charge is 0.376 e. The van der Waals surface area contributed by atoms with E-state index in [-0.39, 0.29) is 0 Å². The molecule has 1 aromatic heterocycles. The Labute approximate surface area is 87.5 Å². The second kappa shape index (κ2) is 5.21. The summed E-state index contributed by atoms with van der Waals surface area (Å²) in [5.74, 6) is 0.683. The van der Waals surface area contributed by atoms with Crippen LogP contribution in [0.3, 0.4) is 0 Å². The van der Waals surface area contributed by atoms with Gasteiger partial charge in [0.05, 0.1) is 13.2 Å². The first-order valence-corrected chi connectivity index (χ1v) is 4.79. The Morgan fingerprint density at radius 1 is 1.20 bits per heavy atom. The van der Waals surface area contributed by atoms with Gasteiger partial charge >= 0.3 is 0 Å². The molecule has 5 heteroatoms. The fourth-order valence-electron chi connectivity index (χ4n) is 1.22. The lowest BCUT2D eigenvalue weighted by Crippen LogP contribution is -2.00. The highest BCUT2D eigenvalue weighted by Crippen LogP contribution is 2.00. The average molecular weight is 204 g/mol. The zero-order valence-electron chi connectivity index (χ0n) is 8.26. The lowest BCUT2D eigenvalue weighted by Gasteiger charge is -2.01. The summed E-state index contributed by atoms with van der Waals surface area (Å²) in [6.45, 7) is 1.23. The first-order valence-electron chi connectivity index (χ1n) is 4.79. The number of aromatic amines is 1. The van der Waals surface area contributed by atoms with Gasteiger partial charge in [0.1, 0.15) is 0 Å². The molecule has 5 nitrogen and oxygen atoms in total. The summed E-state index contributed by atoms with van der Waals surface area (Å²) in [7, 11) is 0. The van der Waals surface area contributed by atoms with E-state index in [1.54, 1.807) is 0 Å². The van der Waals surface area contributed by atoms with Gasteiger partial charge < -0.3 is 4.74 Å². The van der Waals surface area contributed by atoms with Crippen molar-refractivity contribution in [2.24, 2.45) is 0 Å². The Morgan fingerprint density at radius 3 is 2.80 bits per heavy atom. The van der Waals surface area contributed by atoms with E-state index >= 15 is 0 Å². The van der Waals surface area contributed by atoms with E-state index in [9.17, 15) is 0 Å². The van der Waals surface area contributed by atoms with Crippen LogP contribution in [0.1, 0.15) is 11.4 Å². The molecule has 1 aromatic carbocycles. The van der Waals surface area contributed by atoms with Gasteiger partial charge in [-0.3, -0.25) is 0 Å². The summed E-state index contributed by atoms with van der Waals surface area (Å²) in [6.07, 6.45) is 0.684. The van der Waals surface area contributed by atoms with Crippen molar-refractivity contribution in [1.82, 2.24) is 20.6 Å². The Morgan fingerprint density at radius 2 is 2.07 bits per heavy atom. The van der Waals surface area contributed by atoms with Crippen LogP contribution in [0.5, 0.6) is 0 Å². The number of nitrogens with zero attached hydrogens (tertiary/aromatic N) is 3. The molecule has 0 spiro atoms. The molecule has 0 aliphatic rings. The molecule has 0 aliphatic carbocycles. The second-order valence-corrected chi connectivity index (χ2v) is 3.12. The smallest absolute Gasteiger partial charge is 0.176 e. The molecule has 15 heavy (non-hydrogen) atoms. The lowest BCUT2D eigenvalue weighted by molar-refractivity contribution is 0.122. The number of benzene rings is 1. The quantitative estimate of drug-likeness (QED) is 0.737. The monoisotopic (exact) mass is 204 g/mol. The highest BCUT2D eigenvalue weighted by molar-refractivity contribution is 5.13. The highest BCUT2D eigenvalue weighted by atomic mass is 16.5. The molecule has 0 bridgehead atoms. The number of hydrogen-bond acceptors (Lipinski definition) is 4. The topological polar surface area (TPSA) is 63.7 Å². The SMILES string of the molecule is c1ccc(COCCc2nn[nH]n2)cc1. The molecule has 1 heterocycles. The molecule has 0 fully saturated rings. The average Bonchev–Trinajstić information content (AvgIpc) is 2.79. The van der Waals surface area contributed by atoms with E-state index in [0.29, 0.717) is 25.5 Å². The van der Waals surface area contributed by atoms with E-state index < -0.39 is 0 Å². The Balaban J connectivity index is 1.68. The minimum Gasteiger partial charge on any atom is -0.376 e. The maximum atomic E-state index is 5.47. The highest BCUT2D eigenvalue weighted by Gasteiger charge is 1.97. The normalized spacial score (nSPS) is 10.4. The van der Waals surface area contributed by atoms with Gasteiger partial charge in [0.2, 0.25) is 0 Å². The summed E-state index contributed by atoms with van der Waals surface area (Å²) in [5, 5.41) is 13.5. The zero-order valence-corrected chi connectivity index (χ0v) is 8.26. The van der Waals surface area contributed by atoms with Crippen molar-refractivity contribution in [1.29, 1.82) is 0 Å². The number of aromatic nitrogens is 4. The number of tetrazole rings is 1. The summed E-state index contributed by atoms with van der Waals surface area (Å²) < 4.78 is 5.47. The number of rotatable bonds is 5. The van der Waals surface area contributed by atoms with Crippen molar-refractivity contribution >= 4 is 0 Å². The second-order valence-electron chi connectivity index (χ2n) is 3.12. The van der Waals surface area contributed by atoms with Crippen molar-refractivity contribution in [3.8, 4) is 0 Å². The number of ether oxygens (including phenoxy) is 1. The molecular weight excluding hydrogens is 192 g/mol. The van der Waals surface area contributed by atoms with Crippen LogP contribution >= 0.6 is 0 Å². The molecule has 78 valence electrons. The van der Waals surface area contributed by atoms with Crippen LogP contribution in [-0.4, -0.2) is 27.2 Å². The summed E-state index contributed by atoms with van der Waals surface area (Å²) in [6, 6.07) is 10.1. The Bertz CT molecular complexity index is 374. The van der Waals surface area contributed by atoms with Gasteiger partial charge in [-0.05, 0) is 5.56 Å². The summed E-state index contributed by atoms with van der Waals surface area (Å²) in [5.41, 5.74) is 1.17. The van der Waals surface area contributed by atoms with E-state index in [4.69, 9.17) is 4.74 Å². The molecule has 0 radical (unpaired) electrons. The fourth-order valence-corrected chi connectivity index (χ4v) is 1.22. The van der Waals surface area contributed by atoms with E-state index in [2.05, 4.69) is 20.6 Å². The van der Waals surface area contributed by atoms with Gasteiger partial charge in [0.25, 0.3) is 0 Å². The van der Waals surface area contributed by atoms with Crippen LogP contribution in [-0.2, 0) is 17.8 Å². The molecule has 0 amide bonds. The third-order valence-electron chi connectivity index (χ3n) is 1.97. The number of hydrogen-bond donors (Lipinski definition) is 1. The molecule has 0 unspecified atom stereocenters. The third kappa shape index (κ3) is 3.14. The first kappa shape index (κ1) is 9.79. The van der Waals surface area contributed by atoms with E-state index in [1.165, 1.54) is 5.56 Å². The molecule has 0 saturated carbocycles. The van der Waals surface area contributed by atoms with Crippen molar-refractivity contribution < 1.29 is 4.74 Å². The van der Waals surface area contributed by atoms with Crippen molar-refractivity contribution in [3.63, 3.8) is 0 Å². The van der Waals surface area contributed by atoms with Gasteiger partial charge in [-0.25, -0.2) is 0 Å². The van der Waals surface area contributed by atoms with Crippen molar-refractivity contribution in [3.05, 3.63) is 41.7 Å². The maximum Gasteiger partial charge on any atom is 0.176 e. The molecule has 1 N–H and O–H groups in total. The molecule has 0 saturated heterocycles. The van der Waals surface area contributed by atoms with Gasteiger partial charge in [0.15, 0.2) is 5.82 Å². The first-order chi connectivity index (χ1) is 7.45. The molecule has 0 atom stereocenters. The molecule has 0 aliphatic heterocycles. The van der Waals surface area contributed by atoms with Gasteiger partial charge in [-0.1, -0.05) is 35.5 Å². The van der Waals surface area contributed by atoms with Gasteiger partial charge in [-0.2, -0.15) is 5.21 Å². The predicted molar refractivity (Wildman–Crippen MR) is 54.0 cm³/mol. The van der Waals surface area contributed by atoms with Gasteiger partial charge in [-0.15, -0.1) is 10.2 Å². The van der Waals surface area contributed by atoms with Gasteiger partial charge in [0, 0.05) is 6.42 Å². The maximum absolute atomic E-state index is 5.47. The predicted octanol–water partition coefficient (Wildman–Crippen LogP) is 0.959. The Kier molecular flexibility index (Phi) is 3.40. The third-order valence-corrected chi connectivity index (χ3v) is 1.97. The molecule has 2 rings (SSSR count). The van der Waals surface area contributed by atoms with Crippen LogP contribution in [0.15, 0.2) is 30.3 Å². The van der Waals surface area contributed by atoms with Crippen molar-refractivity contribution in [2.75, 3.05) is 6.61 Å². The lowest BCUT2D eigenvalue weighted by atomic mass is 10.2. The van der Waals surface area contributed by atoms with E-state index in [0.717, 1.165) is 0 Å².